The van der Waals surface area contributed by atoms with Gasteiger partial charge in [-0.3, -0.25) is 14.5 Å². The van der Waals surface area contributed by atoms with E-state index in [4.69, 9.17) is 0 Å². The minimum absolute atomic E-state index is 0.0312. The van der Waals surface area contributed by atoms with Crippen molar-refractivity contribution >= 4 is 28.8 Å². The zero-order chi connectivity index (χ0) is 22.9. The monoisotopic (exact) mass is 468 g/mol. The van der Waals surface area contributed by atoms with Crippen LogP contribution >= 0.6 is 11.3 Å². The minimum atomic E-state index is -0.900. The first-order valence-electron chi connectivity index (χ1n) is 10.8. The quantitative estimate of drug-likeness (QED) is 0.587. The Balaban J connectivity index is 1.25. The smallest absolute Gasteiger partial charge is 0.282 e. The summed E-state index contributed by atoms with van der Waals surface area (Å²) < 4.78 is 27.0. The number of rotatable bonds is 4. The molecule has 33 heavy (non-hydrogen) atoms. The van der Waals surface area contributed by atoms with Crippen molar-refractivity contribution < 1.29 is 18.4 Å². The summed E-state index contributed by atoms with van der Waals surface area (Å²) in [6.45, 7) is 3.18. The number of carbonyl (C=O) groups excluding carboxylic acids is 2. The summed E-state index contributed by atoms with van der Waals surface area (Å²) in [5, 5.41) is 2.30. The third-order valence-corrected chi connectivity index (χ3v) is 7.01. The van der Waals surface area contributed by atoms with E-state index in [9.17, 15) is 18.4 Å². The van der Waals surface area contributed by atoms with E-state index in [2.05, 4.69) is 9.88 Å². The highest BCUT2D eigenvalue weighted by molar-refractivity contribution is 7.11. The maximum absolute atomic E-state index is 13.7. The van der Waals surface area contributed by atoms with E-state index in [1.165, 1.54) is 17.4 Å². The second kappa shape index (κ2) is 8.99. The molecule has 0 N–H and O–H groups in total. The molecule has 2 saturated heterocycles. The molecule has 2 amide bonds. The average Bonchev–Trinajstić information content (AvgIpc) is 3.51. The number of amides is 2. The summed E-state index contributed by atoms with van der Waals surface area (Å²) in [5.41, 5.74) is 2.01. The van der Waals surface area contributed by atoms with Gasteiger partial charge in [0.25, 0.3) is 5.91 Å². The fourth-order valence-corrected chi connectivity index (χ4v) is 5.07. The van der Waals surface area contributed by atoms with Gasteiger partial charge >= 0.3 is 0 Å². The van der Waals surface area contributed by atoms with Crippen molar-refractivity contribution in [3.63, 3.8) is 0 Å². The highest BCUT2D eigenvalue weighted by Crippen LogP contribution is 2.30. The first kappa shape index (κ1) is 21.7. The number of carbonyl (C=O) groups is 2. The summed E-state index contributed by atoms with van der Waals surface area (Å²) >= 11 is 1.34. The molecule has 2 aliphatic rings. The van der Waals surface area contributed by atoms with Crippen LogP contribution in [-0.2, 0) is 4.79 Å². The van der Waals surface area contributed by atoms with Crippen LogP contribution in [0.1, 0.15) is 16.2 Å². The Kier molecular flexibility index (Phi) is 5.90. The second-order valence-corrected chi connectivity index (χ2v) is 9.10. The van der Waals surface area contributed by atoms with E-state index < -0.39 is 11.6 Å². The third kappa shape index (κ3) is 4.38. The second-order valence-electron chi connectivity index (χ2n) is 8.21. The molecule has 6 nitrogen and oxygen atoms in total. The fourth-order valence-electron chi connectivity index (χ4n) is 4.47. The van der Waals surface area contributed by atoms with E-state index in [0.29, 0.717) is 49.7 Å². The molecule has 0 bridgehead atoms. The Morgan fingerprint density at radius 1 is 1.00 bits per heavy atom. The zero-order valence-corrected chi connectivity index (χ0v) is 18.6. The van der Waals surface area contributed by atoms with Crippen LogP contribution in [0.15, 0.2) is 54.0 Å². The Labute approximate surface area is 194 Å². The minimum Gasteiger partial charge on any atom is -0.334 e. The van der Waals surface area contributed by atoms with E-state index in [1.54, 1.807) is 16.5 Å². The zero-order valence-electron chi connectivity index (χ0n) is 17.8. The van der Waals surface area contributed by atoms with Crippen LogP contribution in [0.25, 0.3) is 11.1 Å². The van der Waals surface area contributed by atoms with Crippen LogP contribution in [-0.4, -0.2) is 65.4 Å². The topological polar surface area (TPSA) is 56.8 Å². The lowest BCUT2D eigenvalue weighted by molar-refractivity contribution is -0.117. The molecule has 2 aliphatic heterocycles. The number of halogens is 2. The molecular formula is C24H22F2N4O2S. The van der Waals surface area contributed by atoms with Crippen LogP contribution in [0.3, 0.4) is 0 Å². The predicted molar refractivity (Wildman–Crippen MR) is 122 cm³/mol. The third-order valence-electron chi connectivity index (χ3n) is 6.25. The van der Waals surface area contributed by atoms with Gasteiger partial charge in [-0.1, -0.05) is 18.2 Å². The number of nitrogens with zero attached hydrogens (tertiary/aromatic N) is 4. The molecule has 3 aromatic rings. The largest absolute Gasteiger partial charge is 0.334 e. The number of benzene rings is 2. The molecule has 0 radical (unpaired) electrons. The molecular weight excluding hydrogens is 446 g/mol. The normalized spacial score (nSPS) is 19.3. The number of hydrogen-bond donors (Lipinski definition) is 0. The van der Waals surface area contributed by atoms with Crippen molar-refractivity contribution in [2.75, 3.05) is 37.6 Å². The van der Waals surface area contributed by atoms with Crippen molar-refractivity contribution in [3.8, 4) is 11.1 Å². The maximum Gasteiger partial charge on any atom is 0.282 e. The Morgan fingerprint density at radius 2 is 1.79 bits per heavy atom. The Bertz CT molecular complexity index is 1180. The maximum atomic E-state index is 13.7. The number of thiazole rings is 1. The standard InChI is InChI=1S/C24H22F2N4O2S/c25-20-5-4-17(13-21(20)26)16-2-1-3-18(12-16)30-15-19(14-22(30)31)28-7-9-29(10-8-28)24(32)23-27-6-11-33-23/h1-6,11-13,19H,7-10,14-15H2. The van der Waals surface area contributed by atoms with Crippen molar-refractivity contribution in [3.05, 3.63) is 70.7 Å². The molecule has 2 aromatic carbocycles. The number of hydrogen-bond acceptors (Lipinski definition) is 5. The lowest BCUT2D eigenvalue weighted by Gasteiger charge is -2.37. The van der Waals surface area contributed by atoms with Crippen molar-refractivity contribution in [2.24, 2.45) is 0 Å². The van der Waals surface area contributed by atoms with Gasteiger partial charge in [0.15, 0.2) is 16.6 Å². The van der Waals surface area contributed by atoms with Crippen molar-refractivity contribution in [1.29, 1.82) is 0 Å². The van der Waals surface area contributed by atoms with Gasteiger partial charge in [0, 0.05) is 62.5 Å². The van der Waals surface area contributed by atoms with Gasteiger partial charge in [-0.25, -0.2) is 13.8 Å². The fraction of sp³-hybridized carbons (Fsp3) is 0.292. The molecule has 2 fully saturated rings. The summed E-state index contributed by atoms with van der Waals surface area (Å²) in [7, 11) is 0. The first-order chi connectivity index (χ1) is 16.0. The lowest BCUT2D eigenvalue weighted by Crippen LogP contribution is -2.52. The SMILES string of the molecule is O=C(c1nccs1)N1CCN(C2CC(=O)N(c3cccc(-c4ccc(F)c(F)c4)c3)C2)CC1. The van der Waals surface area contributed by atoms with Crippen molar-refractivity contribution in [2.45, 2.75) is 12.5 Å². The molecule has 5 rings (SSSR count). The Morgan fingerprint density at radius 3 is 2.52 bits per heavy atom. The predicted octanol–water partition coefficient (Wildman–Crippen LogP) is 3.65. The van der Waals surface area contributed by atoms with Crippen molar-refractivity contribution in [1.82, 2.24) is 14.8 Å². The average molecular weight is 469 g/mol. The van der Waals surface area contributed by atoms with Gasteiger partial charge in [-0.15, -0.1) is 11.3 Å². The molecule has 9 heteroatoms. The first-order valence-corrected chi connectivity index (χ1v) is 11.7. The molecule has 0 spiro atoms. The van der Waals surface area contributed by atoms with Gasteiger partial charge in [0.1, 0.15) is 0 Å². The number of anilines is 1. The van der Waals surface area contributed by atoms with Crippen LogP contribution < -0.4 is 4.90 Å². The molecule has 1 unspecified atom stereocenters. The van der Waals surface area contributed by atoms with Gasteiger partial charge in [-0.05, 0) is 35.4 Å². The number of piperazine rings is 1. The molecule has 1 atom stereocenters. The van der Waals surface area contributed by atoms with Crippen LogP contribution in [0, 0.1) is 11.6 Å². The molecule has 1 aromatic heterocycles. The summed E-state index contributed by atoms with van der Waals surface area (Å²) in [6.07, 6.45) is 2.05. The summed E-state index contributed by atoms with van der Waals surface area (Å²) in [4.78, 5) is 35.3. The molecule has 0 aliphatic carbocycles. The van der Waals surface area contributed by atoms with Gasteiger partial charge in [0.05, 0.1) is 0 Å². The van der Waals surface area contributed by atoms with Crippen LogP contribution in [0.5, 0.6) is 0 Å². The molecule has 3 heterocycles. The molecule has 170 valence electrons. The molecule has 0 saturated carbocycles. The van der Waals surface area contributed by atoms with Crippen LogP contribution in [0.2, 0.25) is 0 Å². The number of aromatic nitrogens is 1. The van der Waals surface area contributed by atoms with E-state index in [-0.39, 0.29) is 17.9 Å². The van der Waals surface area contributed by atoms with Crippen LogP contribution in [0.4, 0.5) is 14.5 Å². The van der Waals surface area contributed by atoms with Gasteiger partial charge in [0.2, 0.25) is 5.91 Å². The summed E-state index contributed by atoms with van der Waals surface area (Å²) in [5.74, 6) is -1.80. The highest BCUT2D eigenvalue weighted by Gasteiger charge is 2.36. The van der Waals surface area contributed by atoms with E-state index in [0.717, 1.165) is 23.4 Å². The van der Waals surface area contributed by atoms with E-state index >= 15 is 0 Å². The van der Waals surface area contributed by atoms with E-state index in [1.807, 2.05) is 29.2 Å². The lowest BCUT2D eigenvalue weighted by atomic mass is 10.0. The van der Waals surface area contributed by atoms with Gasteiger partial charge < -0.3 is 9.80 Å². The Hall–Kier alpha value is -3.17. The highest BCUT2D eigenvalue weighted by atomic mass is 32.1. The van der Waals surface area contributed by atoms with Gasteiger partial charge in [-0.2, -0.15) is 0 Å². The summed E-state index contributed by atoms with van der Waals surface area (Å²) in [6, 6.07) is 11.2.